The number of H-pyrrole nitrogens is 1. The first-order valence-corrected chi connectivity index (χ1v) is 13.2. The molecule has 202 valence electrons. The van der Waals surface area contributed by atoms with Gasteiger partial charge in [0.2, 0.25) is 11.8 Å². The SMILES string of the molecule is CCC1CCCCN1C(=O)CC(NC(=O)NCc1ccccc1)C(=O)N[C@@H](C)c1nc2c(F)cccc2[nH]1. The zero-order chi connectivity index (χ0) is 27.1. The standard InChI is InChI=1S/C28H35FN6O3/c1-3-20-12-7-8-15-35(20)24(36)16-23(33-28(38)30-17-19-10-5-4-6-11-19)27(37)31-18(2)26-32-22-14-9-13-21(29)25(22)34-26/h4-6,9-11,13-14,18,20,23H,3,7-8,12,15-17H2,1-2H3,(H,31,37)(H,32,34)(H2,30,33,38)/t18-,20?,23?/m0/s1. The largest absolute Gasteiger partial charge is 0.345 e. The highest BCUT2D eigenvalue weighted by Gasteiger charge is 2.31. The Morgan fingerprint density at radius 3 is 2.63 bits per heavy atom. The smallest absolute Gasteiger partial charge is 0.315 e. The second-order valence-corrected chi connectivity index (χ2v) is 9.70. The van der Waals surface area contributed by atoms with Crippen LogP contribution in [0.2, 0.25) is 0 Å². The van der Waals surface area contributed by atoms with Crippen LogP contribution in [0.3, 0.4) is 0 Å². The molecule has 2 aromatic carbocycles. The fraction of sp³-hybridized carbons (Fsp3) is 0.429. The summed E-state index contributed by atoms with van der Waals surface area (Å²) in [5.41, 5.74) is 1.61. The van der Waals surface area contributed by atoms with E-state index < -0.39 is 29.8 Å². The normalized spacial score (nSPS) is 17.0. The molecule has 1 fully saturated rings. The minimum Gasteiger partial charge on any atom is -0.345 e. The van der Waals surface area contributed by atoms with E-state index in [0.29, 0.717) is 17.9 Å². The second-order valence-electron chi connectivity index (χ2n) is 9.70. The van der Waals surface area contributed by atoms with Crippen LogP contribution < -0.4 is 16.0 Å². The fourth-order valence-corrected chi connectivity index (χ4v) is 4.85. The van der Waals surface area contributed by atoms with E-state index in [4.69, 9.17) is 0 Å². The molecule has 1 aliphatic rings. The lowest BCUT2D eigenvalue weighted by molar-refractivity contribution is -0.138. The summed E-state index contributed by atoms with van der Waals surface area (Å²) in [5, 5.41) is 8.25. The molecule has 0 spiro atoms. The minimum absolute atomic E-state index is 0.135. The predicted octanol–water partition coefficient (Wildman–Crippen LogP) is 3.93. The van der Waals surface area contributed by atoms with Gasteiger partial charge in [0.1, 0.15) is 17.4 Å². The van der Waals surface area contributed by atoms with Gasteiger partial charge in [-0.1, -0.05) is 43.3 Å². The van der Waals surface area contributed by atoms with Crippen molar-refractivity contribution in [3.8, 4) is 0 Å². The number of rotatable bonds is 9. The fourth-order valence-electron chi connectivity index (χ4n) is 4.85. The molecule has 0 saturated carbocycles. The number of piperidine rings is 1. The number of hydrogen-bond acceptors (Lipinski definition) is 4. The number of carbonyl (C=O) groups excluding carboxylic acids is 3. The third-order valence-corrected chi connectivity index (χ3v) is 6.97. The molecule has 0 bridgehead atoms. The zero-order valence-electron chi connectivity index (χ0n) is 21.8. The lowest BCUT2D eigenvalue weighted by Crippen LogP contribution is -2.53. The summed E-state index contributed by atoms with van der Waals surface area (Å²) in [7, 11) is 0. The van der Waals surface area contributed by atoms with Crippen molar-refractivity contribution >= 4 is 28.9 Å². The van der Waals surface area contributed by atoms with Crippen LogP contribution in [0, 0.1) is 5.82 Å². The molecule has 2 heterocycles. The highest BCUT2D eigenvalue weighted by atomic mass is 19.1. The van der Waals surface area contributed by atoms with Crippen LogP contribution in [-0.4, -0.2) is 51.3 Å². The number of carbonyl (C=O) groups is 3. The molecule has 3 atom stereocenters. The van der Waals surface area contributed by atoms with Gasteiger partial charge in [-0.15, -0.1) is 0 Å². The molecule has 1 aliphatic heterocycles. The number of nitrogens with one attached hydrogen (secondary N) is 4. The second kappa shape index (κ2) is 12.5. The first kappa shape index (κ1) is 27.1. The third kappa shape index (κ3) is 6.67. The van der Waals surface area contributed by atoms with Gasteiger partial charge in [0.15, 0.2) is 5.82 Å². The highest BCUT2D eigenvalue weighted by molar-refractivity contribution is 5.92. The molecule has 2 unspecified atom stereocenters. The van der Waals surface area contributed by atoms with E-state index in [1.54, 1.807) is 19.1 Å². The lowest BCUT2D eigenvalue weighted by Gasteiger charge is -2.36. The Bertz CT molecular complexity index is 1260. The molecule has 4 N–H and O–H groups in total. The lowest BCUT2D eigenvalue weighted by atomic mass is 9.99. The number of hydrogen-bond donors (Lipinski definition) is 4. The van der Waals surface area contributed by atoms with E-state index in [2.05, 4.69) is 25.9 Å². The Kier molecular flexibility index (Phi) is 8.93. The molecule has 10 heteroatoms. The molecule has 4 rings (SSSR count). The molecule has 0 radical (unpaired) electrons. The minimum atomic E-state index is -1.10. The van der Waals surface area contributed by atoms with Crippen molar-refractivity contribution < 1.29 is 18.8 Å². The van der Waals surface area contributed by atoms with Crippen LogP contribution in [0.4, 0.5) is 9.18 Å². The number of nitrogens with zero attached hydrogens (tertiary/aromatic N) is 2. The van der Waals surface area contributed by atoms with Gasteiger partial charge in [-0.05, 0) is 50.3 Å². The number of urea groups is 1. The summed E-state index contributed by atoms with van der Waals surface area (Å²) in [6, 6.07) is 11.9. The summed E-state index contributed by atoms with van der Waals surface area (Å²) < 4.78 is 14.1. The molecule has 4 amide bonds. The van der Waals surface area contributed by atoms with Crippen molar-refractivity contribution in [3.63, 3.8) is 0 Å². The van der Waals surface area contributed by atoms with E-state index in [1.165, 1.54) is 6.07 Å². The van der Waals surface area contributed by atoms with Crippen molar-refractivity contribution in [3.05, 3.63) is 65.7 Å². The Morgan fingerprint density at radius 2 is 1.89 bits per heavy atom. The van der Waals surface area contributed by atoms with E-state index >= 15 is 0 Å². The van der Waals surface area contributed by atoms with Crippen LogP contribution in [0.5, 0.6) is 0 Å². The van der Waals surface area contributed by atoms with Gasteiger partial charge in [-0.2, -0.15) is 0 Å². The number of fused-ring (bicyclic) bond motifs is 1. The van der Waals surface area contributed by atoms with E-state index in [0.717, 1.165) is 31.2 Å². The van der Waals surface area contributed by atoms with Gasteiger partial charge in [0, 0.05) is 19.1 Å². The van der Waals surface area contributed by atoms with E-state index in [9.17, 15) is 18.8 Å². The maximum Gasteiger partial charge on any atom is 0.315 e. The average Bonchev–Trinajstić information content (AvgIpc) is 3.38. The molecular weight excluding hydrogens is 487 g/mol. The number of aromatic nitrogens is 2. The molecular formula is C28H35FN6O3. The highest BCUT2D eigenvalue weighted by Crippen LogP contribution is 2.21. The number of likely N-dealkylation sites (tertiary alicyclic amines) is 1. The van der Waals surface area contributed by atoms with Gasteiger partial charge < -0.3 is 25.8 Å². The van der Waals surface area contributed by atoms with Crippen LogP contribution in [0.25, 0.3) is 11.0 Å². The predicted molar refractivity (Wildman–Crippen MR) is 142 cm³/mol. The Labute approximate surface area is 221 Å². The van der Waals surface area contributed by atoms with Crippen LogP contribution in [0.15, 0.2) is 48.5 Å². The maximum atomic E-state index is 14.1. The molecule has 1 saturated heterocycles. The number of halogens is 1. The summed E-state index contributed by atoms with van der Waals surface area (Å²) in [6.07, 6.45) is 3.60. The van der Waals surface area contributed by atoms with E-state index in [-0.39, 0.29) is 30.4 Å². The maximum absolute atomic E-state index is 14.1. The van der Waals surface area contributed by atoms with Crippen LogP contribution in [0.1, 0.15) is 63.4 Å². The van der Waals surface area contributed by atoms with Gasteiger partial charge in [0.05, 0.1) is 18.0 Å². The van der Waals surface area contributed by atoms with Crippen molar-refractivity contribution in [1.82, 2.24) is 30.8 Å². The Balaban J connectivity index is 1.46. The first-order valence-electron chi connectivity index (χ1n) is 13.2. The zero-order valence-corrected chi connectivity index (χ0v) is 21.8. The van der Waals surface area contributed by atoms with E-state index in [1.807, 2.05) is 42.2 Å². The number of benzene rings is 2. The quantitative estimate of drug-likeness (QED) is 0.340. The van der Waals surface area contributed by atoms with Crippen molar-refractivity contribution in [1.29, 1.82) is 0 Å². The molecule has 1 aromatic heterocycles. The summed E-state index contributed by atoms with van der Waals surface area (Å²) in [5.74, 6) is -0.778. The molecule has 9 nitrogen and oxygen atoms in total. The average molecular weight is 523 g/mol. The number of para-hydroxylation sites is 1. The monoisotopic (exact) mass is 522 g/mol. The molecule has 0 aliphatic carbocycles. The summed E-state index contributed by atoms with van der Waals surface area (Å²) >= 11 is 0. The topological polar surface area (TPSA) is 119 Å². The van der Waals surface area contributed by atoms with Gasteiger partial charge in [-0.25, -0.2) is 14.2 Å². The van der Waals surface area contributed by atoms with Crippen LogP contribution >= 0.6 is 0 Å². The molecule has 38 heavy (non-hydrogen) atoms. The van der Waals surface area contributed by atoms with Gasteiger partial charge in [-0.3, -0.25) is 9.59 Å². The van der Waals surface area contributed by atoms with Gasteiger partial charge >= 0.3 is 6.03 Å². The van der Waals surface area contributed by atoms with Gasteiger partial charge in [0.25, 0.3) is 0 Å². The van der Waals surface area contributed by atoms with Crippen LogP contribution in [-0.2, 0) is 16.1 Å². The number of amides is 4. The third-order valence-electron chi connectivity index (χ3n) is 6.97. The van der Waals surface area contributed by atoms with Crippen molar-refractivity contribution in [2.45, 2.75) is 70.6 Å². The molecule has 3 aromatic rings. The van der Waals surface area contributed by atoms with Crippen molar-refractivity contribution in [2.24, 2.45) is 0 Å². The number of aromatic amines is 1. The summed E-state index contributed by atoms with van der Waals surface area (Å²) in [6.45, 7) is 4.68. The Morgan fingerprint density at radius 1 is 1.11 bits per heavy atom. The summed E-state index contributed by atoms with van der Waals surface area (Å²) in [4.78, 5) is 48.5. The Hall–Kier alpha value is -3.95. The van der Waals surface area contributed by atoms with Crippen molar-refractivity contribution in [2.75, 3.05) is 6.54 Å². The number of imidazole rings is 1. The first-order chi connectivity index (χ1) is 18.4.